The lowest BCUT2D eigenvalue weighted by Crippen LogP contribution is -2.16. The van der Waals surface area contributed by atoms with Crippen LogP contribution in [0.15, 0.2) is 84.0 Å². The van der Waals surface area contributed by atoms with Crippen molar-refractivity contribution in [3.63, 3.8) is 0 Å². The van der Waals surface area contributed by atoms with Gasteiger partial charge in [-0.05, 0) is 53.4 Å². The Morgan fingerprint density at radius 2 is 1.56 bits per heavy atom. The van der Waals surface area contributed by atoms with E-state index < -0.39 is 10.0 Å². The van der Waals surface area contributed by atoms with Gasteiger partial charge in [0.15, 0.2) is 28.8 Å². The van der Waals surface area contributed by atoms with Gasteiger partial charge in [0.2, 0.25) is 0 Å². The highest BCUT2D eigenvalue weighted by Crippen LogP contribution is 2.44. The molecule has 1 aromatic heterocycles. The largest absolute Gasteiger partial charge is 0.493 e. The summed E-state index contributed by atoms with van der Waals surface area (Å²) >= 11 is 0. The number of nitrogens with zero attached hydrogens (tertiary/aromatic N) is 2. The van der Waals surface area contributed by atoms with Gasteiger partial charge >= 0.3 is 0 Å². The number of para-hydroxylation sites is 2. The molecule has 3 aromatic carbocycles. The monoisotopic (exact) mass is 549 g/mol. The molecule has 0 saturated heterocycles. The molecule has 0 spiro atoms. The SMILES string of the molecule is COc1ccccc1Oc1c(NS(=O)(=O)c2ccc(C(C)(C)C)cc2)cc(-c2ncccn2)cc1OCCO. The minimum atomic E-state index is -4.05. The highest BCUT2D eigenvalue weighted by molar-refractivity contribution is 7.92. The topological polar surface area (TPSA) is 120 Å². The number of hydrogen-bond acceptors (Lipinski definition) is 8. The van der Waals surface area contributed by atoms with Gasteiger partial charge in [0.1, 0.15) is 6.61 Å². The zero-order valence-electron chi connectivity index (χ0n) is 22.2. The van der Waals surface area contributed by atoms with Gasteiger partial charge in [-0.1, -0.05) is 45.0 Å². The van der Waals surface area contributed by atoms with Crippen LogP contribution in [0.4, 0.5) is 5.69 Å². The third-order valence-corrected chi connectivity index (χ3v) is 7.17. The predicted octanol–water partition coefficient (Wildman–Crippen LogP) is 5.41. The van der Waals surface area contributed by atoms with E-state index in [1.807, 2.05) is 0 Å². The molecule has 4 aromatic rings. The number of aromatic nitrogens is 2. The van der Waals surface area contributed by atoms with Crippen molar-refractivity contribution in [1.82, 2.24) is 9.97 Å². The maximum atomic E-state index is 13.6. The van der Waals surface area contributed by atoms with Gasteiger partial charge in [-0.2, -0.15) is 0 Å². The van der Waals surface area contributed by atoms with E-state index in [-0.39, 0.29) is 40.7 Å². The summed E-state index contributed by atoms with van der Waals surface area (Å²) in [6.07, 6.45) is 3.16. The Balaban J connectivity index is 1.85. The Kier molecular flexibility index (Phi) is 8.37. The van der Waals surface area contributed by atoms with Crippen LogP contribution in [0.1, 0.15) is 26.3 Å². The first-order valence-electron chi connectivity index (χ1n) is 12.3. The number of hydrogen-bond donors (Lipinski definition) is 2. The fourth-order valence-electron chi connectivity index (χ4n) is 3.77. The lowest BCUT2D eigenvalue weighted by Gasteiger charge is -2.21. The lowest BCUT2D eigenvalue weighted by molar-refractivity contribution is 0.198. The molecule has 9 nitrogen and oxygen atoms in total. The Morgan fingerprint density at radius 1 is 0.897 bits per heavy atom. The van der Waals surface area contributed by atoms with Crippen molar-refractivity contribution in [3.8, 4) is 34.4 Å². The summed E-state index contributed by atoms with van der Waals surface area (Å²) < 4.78 is 47.2. The summed E-state index contributed by atoms with van der Waals surface area (Å²) in [5.74, 6) is 1.40. The molecule has 204 valence electrons. The highest BCUT2D eigenvalue weighted by Gasteiger charge is 2.24. The standard InChI is InChI=1S/C29H31N3O6S/c1-29(2,3)21-10-12-22(13-11-21)39(34,35)32-23-18-20(28-30-14-7-15-31-28)19-26(37-17-16-33)27(23)38-25-9-6-5-8-24(25)36-4/h5-15,18-19,32-33H,16-17H2,1-4H3. The van der Waals surface area contributed by atoms with E-state index in [2.05, 4.69) is 35.5 Å². The fourth-order valence-corrected chi connectivity index (χ4v) is 4.83. The third kappa shape index (κ3) is 6.65. The van der Waals surface area contributed by atoms with E-state index in [1.54, 1.807) is 79.1 Å². The number of anilines is 1. The van der Waals surface area contributed by atoms with Crippen LogP contribution in [0.5, 0.6) is 23.0 Å². The van der Waals surface area contributed by atoms with Crippen molar-refractivity contribution < 1.29 is 27.7 Å². The van der Waals surface area contributed by atoms with E-state index in [0.29, 0.717) is 22.9 Å². The van der Waals surface area contributed by atoms with Gasteiger partial charge in [-0.3, -0.25) is 4.72 Å². The van der Waals surface area contributed by atoms with Gasteiger partial charge in [0, 0.05) is 18.0 Å². The summed E-state index contributed by atoms with van der Waals surface area (Å²) in [6.45, 7) is 5.85. The summed E-state index contributed by atoms with van der Waals surface area (Å²) in [6, 6.07) is 18.6. The maximum Gasteiger partial charge on any atom is 0.262 e. The van der Waals surface area contributed by atoms with Crippen molar-refractivity contribution in [2.75, 3.05) is 25.0 Å². The second kappa shape index (κ2) is 11.7. The molecule has 2 N–H and O–H groups in total. The molecule has 0 radical (unpaired) electrons. The minimum absolute atomic E-state index is 0.0537. The minimum Gasteiger partial charge on any atom is -0.493 e. The number of nitrogens with one attached hydrogen (secondary N) is 1. The van der Waals surface area contributed by atoms with Crippen LogP contribution in [0.3, 0.4) is 0 Å². The molecule has 0 aliphatic carbocycles. The summed E-state index contributed by atoms with van der Waals surface area (Å²) in [5, 5.41) is 9.44. The van der Waals surface area contributed by atoms with Crippen LogP contribution in [0, 0.1) is 0 Å². The van der Waals surface area contributed by atoms with Gasteiger partial charge in [0.25, 0.3) is 10.0 Å². The van der Waals surface area contributed by atoms with Gasteiger partial charge in [-0.15, -0.1) is 0 Å². The van der Waals surface area contributed by atoms with Crippen molar-refractivity contribution in [2.24, 2.45) is 0 Å². The van der Waals surface area contributed by atoms with Crippen LogP contribution in [-0.2, 0) is 15.4 Å². The van der Waals surface area contributed by atoms with Crippen molar-refractivity contribution >= 4 is 15.7 Å². The van der Waals surface area contributed by atoms with E-state index in [4.69, 9.17) is 14.2 Å². The Labute approximate surface area is 228 Å². The number of methoxy groups -OCH3 is 1. The van der Waals surface area contributed by atoms with Crippen molar-refractivity contribution in [2.45, 2.75) is 31.1 Å². The summed E-state index contributed by atoms with van der Waals surface area (Å²) in [4.78, 5) is 8.65. The summed E-state index contributed by atoms with van der Waals surface area (Å²) in [7, 11) is -2.54. The molecule has 0 unspecified atom stereocenters. The maximum absolute atomic E-state index is 13.6. The van der Waals surface area contributed by atoms with Crippen LogP contribution in [0.25, 0.3) is 11.4 Å². The van der Waals surface area contributed by atoms with E-state index in [1.165, 1.54) is 7.11 Å². The fraction of sp³-hybridized carbons (Fsp3) is 0.241. The quantitative estimate of drug-likeness (QED) is 0.269. The Morgan fingerprint density at radius 3 is 2.18 bits per heavy atom. The number of benzene rings is 3. The number of ether oxygens (including phenoxy) is 3. The predicted molar refractivity (Wildman–Crippen MR) is 149 cm³/mol. The molecule has 1 heterocycles. The second-order valence-corrected chi connectivity index (χ2v) is 11.3. The molecular weight excluding hydrogens is 518 g/mol. The van der Waals surface area contributed by atoms with Crippen LogP contribution in [0.2, 0.25) is 0 Å². The molecular formula is C29H31N3O6S. The average Bonchev–Trinajstić information content (AvgIpc) is 2.93. The van der Waals surface area contributed by atoms with Gasteiger partial charge in [0.05, 0.1) is 24.3 Å². The van der Waals surface area contributed by atoms with Crippen LogP contribution >= 0.6 is 0 Å². The average molecular weight is 550 g/mol. The number of aliphatic hydroxyl groups is 1. The first kappa shape index (κ1) is 27.9. The Bertz CT molecular complexity index is 1520. The molecule has 4 rings (SSSR count). The van der Waals surface area contributed by atoms with E-state index in [0.717, 1.165) is 5.56 Å². The van der Waals surface area contributed by atoms with Gasteiger partial charge in [-0.25, -0.2) is 18.4 Å². The molecule has 0 bridgehead atoms. The number of aliphatic hydroxyl groups excluding tert-OH is 1. The molecule has 10 heteroatoms. The first-order chi connectivity index (χ1) is 18.6. The summed E-state index contributed by atoms with van der Waals surface area (Å²) in [5.41, 5.74) is 1.45. The van der Waals surface area contributed by atoms with E-state index >= 15 is 0 Å². The zero-order chi connectivity index (χ0) is 28.0. The molecule has 0 aliphatic rings. The second-order valence-electron chi connectivity index (χ2n) is 9.63. The molecule has 0 amide bonds. The molecule has 0 atom stereocenters. The highest BCUT2D eigenvalue weighted by atomic mass is 32.2. The number of sulfonamides is 1. The molecule has 0 fully saturated rings. The third-order valence-electron chi connectivity index (χ3n) is 5.78. The van der Waals surface area contributed by atoms with Crippen LogP contribution < -0.4 is 18.9 Å². The normalized spacial score (nSPS) is 11.6. The Hall–Kier alpha value is -4.15. The zero-order valence-corrected chi connectivity index (χ0v) is 23.0. The van der Waals surface area contributed by atoms with Gasteiger partial charge < -0.3 is 19.3 Å². The lowest BCUT2D eigenvalue weighted by atomic mass is 9.87. The van der Waals surface area contributed by atoms with E-state index in [9.17, 15) is 13.5 Å². The van der Waals surface area contributed by atoms with Crippen LogP contribution in [-0.4, -0.2) is 43.8 Å². The van der Waals surface area contributed by atoms with Crippen molar-refractivity contribution in [1.29, 1.82) is 0 Å². The number of rotatable bonds is 10. The molecule has 0 aliphatic heterocycles. The van der Waals surface area contributed by atoms with Crippen molar-refractivity contribution in [3.05, 3.63) is 84.7 Å². The molecule has 39 heavy (non-hydrogen) atoms. The molecule has 0 saturated carbocycles. The first-order valence-corrected chi connectivity index (χ1v) is 13.7. The smallest absolute Gasteiger partial charge is 0.262 e.